The summed E-state index contributed by atoms with van der Waals surface area (Å²) in [4.78, 5) is 0. The highest BCUT2D eigenvalue weighted by Gasteiger charge is 2.31. The Morgan fingerprint density at radius 3 is 1.66 bits per heavy atom. The van der Waals surface area contributed by atoms with Gasteiger partial charge in [-0.15, -0.1) is 0 Å². The average Bonchev–Trinajstić information content (AvgIpc) is 2.87. The van der Waals surface area contributed by atoms with Gasteiger partial charge in [0.25, 0.3) is 0 Å². The third-order valence-corrected chi connectivity index (χ3v) is 9.42. The molecule has 0 heterocycles. The molecular weight excluding hydrogens is 407 g/mol. The van der Waals surface area contributed by atoms with E-state index in [1.165, 1.54) is 21.5 Å². The average molecular weight is 428 g/mol. The fourth-order valence-electron chi connectivity index (χ4n) is 4.74. The Bertz CT molecular complexity index is 1590. The van der Waals surface area contributed by atoms with Gasteiger partial charge in [0.1, 0.15) is 0 Å². The lowest BCUT2D eigenvalue weighted by Gasteiger charge is -2.22. The molecule has 0 spiro atoms. The van der Waals surface area contributed by atoms with E-state index in [2.05, 4.69) is 54.6 Å². The zero-order valence-electron chi connectivity index (χ0n) is 17.5. The molecule has 0 aliphatic heterocycles. The third-order valence-electron chi connectivity index (χ3n) is 6.30. The minimum absolute atomic E-state index is 0.859. The van der Waals surface area contributed by atoms with E-state index in [9.17, 15) is 4.57 Å². The van der Waals surface area contributed by atoms with Crippen LogP contribution in [-0.2, 0) is 4.57 Å². The van der Waals surface area contributed by atoms with E-state index in [4.69, 9.17) is 0 Å². The first-order valence-corrected chi connectivity index (χ1v) is 12.5. The van der Waals surface area contributed by atoms with E-state index in [-0.39, 0.29) is 0 Å². The second-order valence-electron chi connectivity index (χ2n) is 8.14. The van der Waals surface area contributed by atoms with Crippen molar-refractivity contribution in [3.63, 3.8) is 0 Å². The summed E-state index contributed by atoms with van der Waals surface area (Å²) < 4.78 is 15.0. The van der Waals surface area contributed by atoms with Gasteiger partial charge in [-0.2, -0.15) is 0 Å². The first-order valence-electron chi connectivity index (χ1n) is 10.8. The van der Waals surface area contributed by atoms with Gasteiger partial charge in [0.2, 0.25) is 0 Å². The van der Waals surface area contributed by atoms with Gasteiger partial charge >= 0.3 is 0 Å². The molecule has 0 unspecified atom stereocenters. The number of hydrogen-bond donors (Lipinski definition) is 0. The molecule has 0 saturated heterocycles. The van der Waals surface area contributed by atoms with E-state index in [1.807, 2.05) is 72.8 Å². The van der Waals surface area contributed by atoms with Crippen molar-refractivity contribution in [3.05, 3.63) is 127 Å². The monoisotopic (exact) mass is 428 g/mol. The molecule has 152 valence electrons. The van der Waals surface area contributed by atoms with Crippen molar-refractivity contribution in [2.24, 2.45) is 0 Å². The molecule has 0 atom stereocenters. The highest BCUT2D eigenvalue weighted by Crippen LogP contribution is 2.45. The van der Waals surface area contributed by atoms with Crippen molar-refractivity contribution in [3.8, 4) is 0 Å². The van der Waals surface area contributed by atoms with Crippen molar-refractivity contribution < 1.29 is 4.57 Å². The Morgan fingerprint density at radius 2 is 1.00 bits per heavy atom. The van der Waals surface area contributed by atoms with E-state index < -0.39 is 7.14 Å². The number of hydrogen-bond acceptors (Lipinski definition) is 1. The molecule has 0 bridgehead atoms. The molecule has 32 heavy (non-hydrogen) atoms. The Balaban J connectivity index is 1.71. The predicted octanol–water partition coefficient (Wildman–Crippen LogP) is 6.79. The highest BCUT2D eigenvalue weighted by molar-refractivity contribution is 7.85. The summed E-state index contributed by atoms with van der Waals surface area (Å²) in [6.07, 6.45) is 0. The van der Waals surface area contributed by atoms with Crippen LogP contribution in [0.1, 0.15) is 0 Å². The molecule has 0 N–H and O–H groups in total. The lowest BCUT2D eigenvalue weighted by Crippen LogP contribution is -2.25. The van der Waals surface area contributed by atoms with Crippen molar-refractivity contribution in [2.45, 2.75) is 0 Å². The van der Waals surface area contributed by atoms with Crippen LogP contribution < -0.4 is 15.9 Å². The quantitative estimate of drug-likeness (QED) is 0.172. The van der Waals surface area contributed by atoms with Crippen LogP contribution in [0.3, 0.4) is 0 Å². The van der Waals surface area contributed by atoms with Gasteiger partial charge in [-0.25, -0.2) is 0 Å². The van der Waals surface area contributed by atoms with Gasteiger partial charge in [-0.05, 0) is 44.5 Å². The Hall–Kier alpha value is -3.67. The van der Waals surface area contributed by atoms with Crippen LogP contribution in [0.25, 0.3) is 32.3 Å². The number of fused-ring (bicyclic) bond motifs is 4. The lowest BCUT2D eigenvalue weighted by atomic mass is 9.98. The van der Waals surface area contributed by atoms with Gasteiger partial charge in [-0.3, -0.25) is 0 Å². The number of benzene rings is 6. The predicted molar refractivity (Wildman–Crippen MR) is 138 cm³/mol. The Kier molecular flexibility index (Phi) is 4.45. The molecule has 0 saturated carbocycles. The maximum Gasteiger partial charge on any atom is 0.171 e. The van der Waals surface area contributed by atoms with E-state index in [0.29, 0.717) is 0 Å². The molecule has 0 aromatic heterocycles. The minimum Gasteiger partial charge on any atom is -0.309 e. The molecule has 6 rings (SSSR count). The minimum atomic E-state index is -3.05. The summed E-state index contributed by atoms with van der Waals surface area (Å²) in [6, 6.07) is 43.2. The summed E-state index contributed by atoms with van der Waals surface area (Å²) in [6.45, 7) is 0. The molecule has 2 heteroatoms. The van der Waals surface area contributed by atoms with Gasteiger partial charge in [0.15, 0.2) is 7.14 Å². The molecule has 1 nitrogen and oxygen atoms in total. The van der Waals surface area contributed by atoms with Crippen LogP contribution in [0.4, 0.5) is 0 Å². The summed E-state index contributed by atoms with van der Waals surface area (Å²) in [5.74, 6) is 0. The molecule has 0 radical (unpaired) electrons. The molecule has 0 fully saturated rings. The summed E-state index contributed by atoms with van der Waals surface area (Å²) in [7, 11) is -3.05. The van der Waals surface area contributed by atoms with Crippen molar-refractivity contribution >= 4 is 55.4 Å². The topological polar surface area (TPSA) is 17.1 Å². The summed E-state index contributed by atoms with van der Waals surface area (Å²) in [5.41, 5.74) is 0. The summed E-state index contributed by atoms with van der Waals surface area (Å²) >= 11 is 0. The second kappa shape index (κ2) is 7.48. The van der Waals surface area contributed by atoms with Crippen molar-refractivity contribution in [1.82, 2.24) is 0 Å². The van der Waals surface area contributed by atoms with Crippen molar-refractivity contribution in [1.29, 1.82) is 0 Å². The number of rotatable bonds is 3. The second-order valence-corrected chi connectivity index (χ2v) is 10.9. The fourth-order valence-corrected chi connectivity index (χ4v) is 7.61. The Morgan fingerprint density at radius 1 is 0.406 bits per heavy atom. The third kappa shape index (κ3) is 2.90. The fraction of sp³-hybridized carbons (Fsp3) is 0. The van der Waals surface area contributed by atoms with Gasteiger partial charge in [-0.1, -0.05) is 115 Å². The van der Waals surface area contributed by atoms with Crippen LogP contribution in [-0.4, -0.2) is 0 Å². The van der Waals surface area contributed by atoms with E-state index >= 15 is 0 Å². The molecule has 0 aliphatic carbocycles. The van der Waals surface area contributed by atoms with Crippen LogP contribution in [0.2, 0.25) is 0 Å². The first-order chi connectivity index (χ1) is 15.7. The molecule has 6 aromatic rings. The van der Waals surface area contributed by atoms with Crippen LogP contribution in [0, 0.1) is 0 Å². The highest BCUT2D eigenvalue weighted by atomic mass is 31.2. The van der Waals surface area contributed by atoms with Crippen LogP contribution in [0.15, 0.2) is 127 Å². The molecule has 6 aromatic carbocycles. The summed E-state index contributed by atoms with van der Waals surface area (Å²) in [5, 5.41) is 9.63. The smallest absolute Gasteiger partial charge is 0.171 e. The molecule has 0 aliphatic rings. The standard InChI is InChI=1S/C30H21OP/c31-32(25-12-3-1-4-13-25,26-14-5-2-6-15-26)30-17-9-16-27-28(30)19-18-24-20-22-10-7-8-11-23(22)21-29(24)27/h1-21H. The van der Waals surface area contributed by atoms with Crippen LogP contribution >= 0.6 is 7.14 Å². The Labute approximate surface area is 187 Å². The maximum absolute atomic E-state index is 15.0. The zero-order chi connectivity index (χ0) is 21.5. The van der Waals surface area contributed by atoms with Crippen molar-refractivity contribution in [2.75, 3.05) is 0 Å². The molecule has 0 amide bonds. The van der Waals surface area contributed by atoms with Gasteiger partial charge in [0.05, 0.1) is 0 Å². The van der Waals surface area contributed by atoms with Crippen LogP contribution in [0.5, 0.6) is 0 Å². The maximum atomic E-state index is 15.0. The first kappa shape index (κ1) is 19.0. The SMILES string of the molecule is O=P(c1ccccc1)(c1ccccc1)c1cccc2c1ccc1cc3ccccc3cc12. The van der Waals surface area contributed by atoms with Gasteiger partial charge in [0, 0.05) is 15.9 Å². The normalized spacial score (nSPS) is 11.9. The van der Waals surface area contributed by atoms with E-state index in [1.54, 1.807) is 0 Å². The van der Waals surface area contributed by atoms with E-state index in [0.717, 1.165) is 26.7 Å². The largest absolute Gasteiger partial charge is 0.309 e. The lowest BCUT2D eigenvalue weighted by molar-refractivity contribution is 0.592. The van der Waals surface area contributed by atoms with Gasteiger partial charge < -0.3 is 4.57 Å². The molecular formula is C30H21OP. The zero-order valence-corrected chi connectivity index (χ0v) is 18.4.